The average Bonchev–Trinajstić information content (AvgIpc) is 3.16. The van der Waals surface area contributed by atoms with Gasteiger partial charge in [-0.05, 0) is 35.9 Å². The summed E-state index contributed by atoms with van der Waals surface area (Å²) in [6.07, 6.45) is 1.84. The van der Waals surface area contributed by atoms with Crippen molar-refractivity contribution in [3.63, 3.8) is 0 Å². The van der Waals surface area contributed by atoms with Crippen molar-refractivity contribution in [2.45, 2.75) is 0 Å². The summed E-state index contributed by atoms with van der Waals surface area (Å²) in [4.78, 5) is 17.6. The standard InChI is InChI=1S/C18H12BrN3O2S/c1-24-14-8-2-11(3-9-14)10-15-17(23)22-18(25-15)20-16(21-22)12-4-6-13(19)7-5-12/h2-10H,1H3. The van der Waals surface area contributed by atoms with Crippen LogP contribution in [0.2, 0.25) is 0 Å². The first-order chi connectivity index (χ1) is 12.1. The largest absolute Gasteiger partial charge is 0.497 e. The third kappa shape index (κ3) is 3.08. The van der Waals surface area contributed by atoms with E-state index in [1.165, 1.54) is 15.9 Å². The lowest BCUT2D eigenvalue weighted by molar-refractivity contribution is 0.415. The van der Waals surface area contributed by atoms with Crippen LogP contribution in [0.4, 0.5) is 0 Å². The van der Waals surface area contributed by atoms with E-state index in [1.54, 1.807) is 7.11 Å². The molecule has 0 saturated heterocycles. The van der Waals surface area contributed by atoms with Crippen LogP contribution in [0.25, 0.3) is 22.4 Å². The lowest BCUT2D eigenvalue weighted by Crippen LogP contribution is -2.23. The minimum Gasteiger partial charge on any atom is -0.497 e. The maximum Gasteiger partial charge on any atom is 0.291 e. The molecule has 0 amide bonds. The molecule has 0 aliphatic rings. The molecule has 0 atom stereocenters. The van der Waals surface area contributed by atoms with E-state index in [-0.39, 0.29) is 5.56 Å². The predicted octanol–water partition coefficient (Wildman–Crippen LogP) is 3.14. The fraction of sp³-hybridized carbons (Fsp3) is 0.0556. The number of halogens is 1. The highest BCUT2D eigenvalue weighted by molar-refractivity contribution is 9.10. The molecule has 124 valence electrons. The summed E-state index contributed by atoms with van der Waals surface area (Å²) < 4.78 is 8.08. The highest BCUT2D eigenvalue weighted by Crippen LogP contribution is 2.19. The molecular formula is C18H12BrN3O2S. The topological polar surface area (TPSA) is 56.5 Å². The number of methoxy groups -OCH3 is 1. The predicted molar refractivity (Wildman–Crippen MR) is 102 cm³/mol. The van der Waals surface area contributed by atoms with Gasteiger partial charge in [0, 0.05) is 10.0 Å². The van der Waals surface area contributed by atoms with Gasteiger partial charge in [-0.15, -0.1) is 5.10 Å². The molecule has 4 aromatic rings. The molecule has 0 spiro atoms. The summed E-state index contributed by atoms with van der Waals surface area (Å²) >= 11 is 4.73. The molecule has 0 aliphatic carbocycles. The van der Waals surface area contributed by atoms with E-state index < -0.39 is 0 Å². The van der Waals surface area contributed by atoms with Gasteiger partial charge in [0.2, 0.25) is 4.96 Å². The number of benzene rings is 2. The van der Waals surface area contributed by atoms with Crippen molar-refractivity contribution in [2.24, 2.45) is 0 Å². The molecule has 0 aliphatic heterocycles. The number of thiazole rings is 1. The van der Waals surface area contributed by atoms with E-state index in [4.69, 9.17) is 4.74 Å². The summed E-state index contributed by atoms with van der Waals surface area (Å²) in [6.45, 7) is 0. The number of nitrogens with zero attached hydrogens (tertiary/aromatic N) is 3. The van der Waals surface area contributed by atoms with Crippen LogP contribution in [0.1, 0.15) is 5.56 Å². The van der Waals surface area contributed by atoms with E-state index in [0.717, 1.165) is 21.3 Å². The zero-order valence-electron chi connectivity index (χ0n) is 13.1. The molecule has 0 saturated carbocycles. The van der Waals surface area contributed by atoms with Gasteiger partial charge in [0.25, 0.3) is 5.56 Å². The maximum atomic E-state index is 12.6. The molecule has 0 radical (unpaired) electrons. The molecular weight excluding hydrogens is 402 g/mol. The molecule has 2 aromatic carbocycles. The van der Waals surface area contributed by atoms with Crippen LogP contribution in [-0.4, -0.2) is 21.7 Å². The van der Waals surface area contributed by atoms with E-state index in [2.05, 4.69) is 26.0 Å². The molecule has 5 nitrogen and oxygen atoms in total. The first-order valence-electron chi connectivity index (χ1n) is 7.45. The van der Waals surface area contributed by atoms with E-state index in [9.17, 15) is 4.79 Å². The molecule has 4 rings (SSSR count). The van der Waals surface area contributed by atoms with E-state index >= 15 is 0 Å². The van der Waals surface area contributed by atoms with Gasteiger partial charge in [0.05, 0.1) is 11.6 Å². The van der Waals surface area contributed by atoms with Crippen LogP contribution in [-0.2, 0) is 0 Å². The van der Waals surface area contributed by atoms with Crippen LogP contribution in [0, 0.1) is 0 Å². The summed E-state index contributed by atoms with van der Waals surface area (Å²) in [5, 5.41) is 4.35. The summed E-state index contributed by atoms with van der Waals surface area (Å²) in [5.74, 6) is 1.33. The Morgan fingerprint density at radius 3 is 2.48 bits per heavy atom. The van der Waals surface area contributed by atoms with Gasteiger partial charge in [-0.25, -0.2) is 0 Å². The number of fused-ring (bicyclic) bond motifs is 1. The second kappa shape index (κ2) is 6.42. The zero-order valence-corrected chi connectivity index (χ0v) is 15.5. The lowest BCUT2D eigenvalue weighted by atomic mass is 10.2. The number of hydrogen-bond acceptors (Lipinski definition) is 5. The van der Waals surface area contributed by atoms with Gasteiger partial charge in [0.15, 0.2) is 5.82 Å². The molecule has 25 heavy (non-hydrogen) atoms. The van der Waals surface area contributed by atoms with Crippen molar-refractivity contribution in [2.75, 3.05) is 7.11 Å². The minimum atomic E-state index is -0.160. The number of rotatable bonds is 3. The summed E-state index contributed by atoms with van der Waals surface area (Å²) in [5.41, 5.74) is 1.64. The third-order valence-electron chi connectivity index (χ3n) is 3.70. The Morgan fingerprint density at radius 1 is 1.12 bits per heavy atom. The molecule has 0 unspecified atom stereocenters. The zero-order chi connectivity index (χ0) is 17.4. The van der Waals surface area contributed by atoms with Gasteiger partial charge in [-0.2, -0.15) is 9.50 Å². The Balaban J connectivity index is 1.76. The van der Waals surface area contributed by atoms with Crippen molar-refractivity contribution >= 4 is 38.3 Å². The van der Waals surface area contributed by atoms with Crippen molar-refractivity contribution < 1.29 is 4.74 Å². The fourth-order valence-corrected chi connectivity index (χ4v) is 3.58. The maximum absolute atomic E-state index is 12.6. The fourth-order valence-electron chi connectivity index (χ4n) is 2.41. The smallest absolute Gasteiger partial charge is 0.291 e. The molecule has 0 bridgehead atoms. The Kier molecular flexibility index (Phi) is 4.10. The van der Waals surface area contributed by atoms with Gasteiger partial charge < -0.3 is 4.74 Å². The number of ether oxygens (including phenoxy) is 1. The first-order valence-corrected chi connectivity index (χ1v) is 9.06. The molecule has 0 fully saturated rings. The van der Waals surface area contributed by atoms with E-state index in [0.29, 0.717) is 15.3 Å². The van der Waals surface area contributed by atoms with E-state index in [1.807, 2.05) is 54.6 Å². The second-order valence-electron chi connectivity index (χ2n) is 5.33. The molecule has 2 aromatic heterocycles. The minimum absolute atomic E-state index is 0.160. The van der Waals surface area contributed by atoms with Crippen LogP contribution in [0.15, 0.2) is 57.8 Å². The van der Waals surface area contributed by atoms with Gasteiger partial charge in [-0.3, -0.25) is 4.79 Å². The Morgan fingerprint density at radius 2 is 1.84 bits per heavy atom. The Bertz CT molecular complexity index is 1150. The normalized spacial score (nSPS) is 12.0. The van der Waals surface area contributed by atoms with Crippen LogP contribution in [0.3, 0.4) is 0 Å². The number of aromatic nitrogens is 3. The summed E-state index contributed by atoms with van der Waals surface area (Å²) in [7, 11) is 1.62. The lowest BCUT2D eigenvalue weighted by Gasteiger charge is -1.98. The van der Waals surface area contributed by atoms with Crippen LogP contribution < -0.4 is 14.8 Å². The molecule has 0 N–H and O–H groups in total. The highest BCUT2D eigenvalue weighted by Gasteiger charge is 2.11. The molecule has 7 heteroatoms. The molecule has 2 heterocycles. The summed E-state index contributed by atoms with van der Waals surface area (Å²) in [6, 6.07) is 15.2. The van der Waals surface area contributed by atoms with Gasteiger partial charge in [0.1, 0.15) is 5.75 Å². The van der Waals surface area contributed by atoms with Crippen LogP contribution in [0.5, 0.6) is 5.75 Å². The second-order valence-corrected chi connectivity index (χ2v) is 7.25. The van der Waals surface area contributed by atoms with Crippen LogP contribution >= 0.6 is 27.3 Å². The SMILES string of the molecule is COc1ccc(C=c2sc3nc(-c4ccc(Br)cc4)nn3c2=O)cc1. The Labute approximate surface area is 155 Å². The highest BCUT2D eigenvalue weighted by atomic mass is 79.9. The van der Waals surface area contributed by atoms with Gasteiger partial charge >= 0.3 is 0 Å². The first kappa shape index (κ1) is 16.0. The third-order valence-corrected chi connectivity index (χ3v) is 5.19. The van der Waals surface area contributed by atoms with Crippen molar-refractivity contribution in [1.82, 2.24) is 14.6 Å². The monoisotopic (exact) mass is 413 g/mol. The van der Waals surface area contributed by atoms with Gasteiger partial charge in [-0.1, -0.05) is 51.5 Å². The van der Waals surface area contributed by atoms with Crippen molar-refractivity contribution in [3.8, 4) is 17.1 Å². The number of hydrogen-bond donors (Lipinski definition) is 0. The quantitative estimate of drug-likeness (QED) is 0.517. The van der Waals surface area contributed by atoms with Crippen molar-refractivity contribution in [3.05, 3.63) is 73.5 Å². The Hall–Kier alpha value is -2.51. The average molecular weight is 414 g/mol. The van der Waals surface area contributed by atoms with Crippen molar-refractivity contribution in [1.29, 1.82) is 0 Å².